The number of hydrogen-bond donors (Lipinski definition) is 0. The van der Waals surface area contributed by atoms with Crippen LogP contribution in [0.15, 0.2) is 12.2 Å². The molecular weight excluding hydrogens is 204 g/mol. The average molecular weight is 217 g/mol. The lowest BCUT2D eigenvalue weighted by molar-refractivity contribution is -0.107. The molecule has 0 bridgehead atoms. The third-order valence-corrected chi connectivity index (χ3v) is 2.86. The monoisotopic (exact) mass is 216 g/mol. The molecule has 0 aliphatic heterocycles. The van der Waals surface area contributed by atoms with E-state index in [1.807, 2.05) is 0 Å². The van der Waals surface area contributed by atoms with E-state index in [0.717, 1.165) is 18.4 Å². The Morgan fingerprint density at radius 1 is 1.27 bits per heavy atom. The highest BCUT2D eigenvalue weighted by Gasteiger charge is 2.19. The van der Waals surface area contributed by atoms with Gasteiger partial charge in [-0.1, -0.05) is 25.8 Å². The molecule has 0 heterocycles. The first-order valence-electron chi connectivity index (χ1n) is 4.10. The topological polar surface area (TPSA) is 17.1 Å². The van der Waals surface area contributed by atoms with Crippen molar-refractivity contribution in [3.8, 4) is 0 Å². The number of carbonyl (C=O) groups excluding carboxylic acids is 1. The lowest BCUT2D eigenvalue weighted by atomic mass is 9.85. The van der Waals surface area contributed by atoms with Crippen LogP contribution in [0.5, 0.6) is 0 Å². The zero-order chi connectivity index (χ0) is 8.27. The van der Waals surface area contributed by atoms with E-state index in [9.17, 15) is 4.79 Å². The van der Waals surface area contributed by atoms with E-state index < -0.39 is 0 Å². The molecule has 1 fully saturated rings. The van der Waals surface area contributed by atoms with Crippen molar-refractivity contribution in [2.24, 2.45) is 5.92 Å². The summed E-state index contributed by atoms with van der Waals surface area (Å²) in [4.78, 5) is 10.9. The van der Waals surface area contributed by atoms with E-state index in [1.165, 1.54) is 19.3 Å². The zero-order valence-corrected chi connectivity index (χ0v) is 8.19. The lowest BCUT2D eigenvalue weighted by Gasteiger charge is -2.21. The largest absolute Gasteiger partial charge is 0.281 e. The molecule has 0 atom stereocenters. The van der Waals surface area contributed by atoms with E-state index in [-0.39, 0.29) is 4.69 Å². The van der Waals surface area contributed by atoms with Gasteiger partial charge in [-0.3, -0.25) is 4.79 Å². The molecule has 1 nitrogen and oxygen atoms in total. The standard InChI is InChI=1S/C9H13BrO/c1-7(9(10)11)8-5-3-2-4-6-8/h8H,1-6H2. The highest BCUT2D eigenvalue weighted by atomic mass is 79.9. The summed E-state index contributed by atoms with van der Waals surface area (Å²) in [6.45, 7) is 3.78. The van der Waals surface area contributed by atoms with Gasteiger partial charge in [0.05, 0.1) is 0 Å². The fourth-order valence-electron chi connectivity index (χ4n) is 1.61. The molecule has 0 aromatic carbocycles. The quantitative estimate of drug-likeness (QED) is 0.513. The van der Waals surface area contributed by atoms with Crippen molar-refractivity contribution in [1.29, 1.82) is 0 Å². The molecule has 0 spiro atoms. The number of rotatable bonds is 2. The highest BCUT2D eigenvalue weighted by molar-refractivity contribution is 9.18. The predicted octanol–water partition coefficient (Wildman–Crippen LogP) is 3.04. The normalized spacial score (nSPS) is 19.7. The van der Waals surface area contributed by atoms with Crippen molar-refractivity contribution in [2.45, 2.75) is 32.1 Å². The molecule has 1 aliphatic carbocycles. The molecule has 1 saturated carbocycles. The van der Waals surface area contributed by atoms with Crippen LogP contribution in [-0.2, 0) is 4.79 Å². The SMILES string of the molecule is C=C(C(=O)Br)C1CCCCC1. The smallest absolute Gasteiger partial charge is 0.223 e. The van der Waals surface area contributed by atoms with Crippen LogP contribution in [0, 0.1) is 5.92 Å². The van der Waals surface area contributed by atoms with Crippen molar-refractivity contribution in [1.82, 2.24) is 0 Å². The van der Waals surface area contributed by atoms with Crippen LogP contribution in [0.25, 0.3) is 0 Å². The maximum absolute atomic E-state index is 10.9. The Bertz CT molecular complexity index is 168. The molecule has 1 aliphatic rings. The van der Waals surface area contributed by atoms with Gasteiger partial charge in [0.25, 0.3) is 0 Å². The number of allylic oxidation sites excluding steroid dienone is 1. The summed E-state index contributed by atoms with van der Waals surface area (Å²) in [7, 11) is 0. The van der Waals surface area contributed by atoms with Gasteiger partial charge in [-0.25, -0.2) is 0 Å². The van der Waals surface area contributed by atoms with E-state index in [4.69, 9.17) is 0 Å². The Labute approximate surface area is 76.0 Å². The summed E-state index contributed by atoms with van der Waals surface area (Å²) in [5.74, 6) is 0.454. The fourth-order valence-corrected chi connectivity index (χ4v) is 1.94. The van der Waals surface area contributed by atoms with Crippen LogP contribution in [0.4, 0.5) is 0 Å². The van der Waals surface area contributed by atoms with Crippen molar-refractivity contribution >= 4 is 20.6 Å². The summed E-state index contributed by atoms with van der Waals surface area (Å²) in [5, 5.41) is 0. The van der Waals surface area contributed by atoms with E-state index in [0.29, 0.717) is 5.92 Å². The van der Waals surface area contributed by atoms with Gasteiger partial charge in [-0.05, 0) is 34.7 Å². The molecule has 0 aromatic heterocycles. The molecule has 0 amide bonds. The van der Waals surface area contributed by atoms with Crippen LogP contribution >= 0.6 is 15.9 Å². The van der Waals surface area contributed by atoms with Gasteiger partial charge >= 0.3 is 0 Å². The average Bonchev–Trinajstić information content (AvgIpc) is 2.05. The van der Waals surface area contributed by atoms with Gasteiger partial charge < -0.3 is 0 Å². The minimum absolute atomic E-state index is 0.00981. The van der Waals surface area contributed by atoms with Gasteiger partial charge in [-0.2, -0.15) is 0 Å². The minimum atomic E-state index is -0.00981. The predicted molar refractivity (Wildman–Crippen MR) is 49.6 cm³/mol. The molecule has 2 heteroatoms. The van der Waals surface area contributed by atoms with Crippen LogP contribution in [-0.4, -0.2) is 4.69 Å². The van der Waals surface area contributed by atoms with E-state index >= 15 is 0 Å². The molecule has 1 rings (SSSR count). The van der Waals surface area contributed by atoms with Crippen LogP contribution in [0.2, 0.25) is 0 Å². The van der Waals surface area contributed by atoms with Gasteiger partial charge in [0.15, 0.2) is 0 Å². The Balaban J connectivity index is 2.45. The van der Waals surface area contributed by atoms with Crippen molar-refractivity contribution in [3.63, 3.8) is 0 Å². The second-order valence-electron chi connectivity index (χ2n) is 3.13. The number of halogens is 1. The second-order valence-corrected chi connectivity index (χ2v) is 3.85. The summed E-state index contributed by atoms with van der Waals surface area (Å²) in [6, 6.07) is 0. The van der Waals surface area contributed by atoms with Crippen molar-refractivity contribution in [2.75, 3.05) is 0 Å². The Morgan fingerprint density at radius 2 is 1.82 bits per heavy atom. The van der Waals surface area contributed by atoms with E-state index in [2.05, 4.69) is 22.5 Å². The maximum atomic E-state index is 10.9. The summed E-state index contributed by atoms with van der Waals surface area (Å²) in [6.07, 6.45) is 6.13. The fraction of sp³-hybridized carbons (Fsp3) is 0.667. The molecule has 0 saturated heterocycles. The molecule has 11 heavy (non-hydrogen) atoms. The van der Waals surface area contributed by atoms with Gasteiger partial charge in [0.2, 0.25) is 4.69 Å². The summed E-state index contributed by atoms with van der Waals surface area (Å²) >= 11 is 2.94. The van der Waals surface area contributed by atoms with Gasteiger partial charge in [0, 0.05) is 5.57 Å². The summed E-state index contributed by atoms with van der Waals surface area (Å²) < 4.78 is -0.00981. The Kier molecular flexibility index (Phi) is 3.31. The second kappa shape index (κ2) is 4.05. The van der Waals surface area contributed by atoms with Crippen LogP contribution in [0.1, 0.15) is 32.1 Å². The minimum Gasteiger partial charge on any atom is -0.281 e. The maximum Gasteiger partial charge on any atom is 0.223 e. The molecule has 62 valence electrons. The number of carbonyl (C=O) groups is 1. The molecular formula is C9H13BrO. The van der Waals surface area contributed by atoms with E-state index in [1.54, 1.807) is 0 Å². The number of hydrogen-bond acceptors (Lipinski definition) is 1. The zero-order valence-electron chi connectivity index (χ0n) is 6.61. The van der Waals surface area contributed by atoms with Crippen LogP contribution < -0.4 is 0 Å². The Morgan fingerprint density at radius 3 is 2.27 bits per heavy atom. The van der Waals surface area contributed by atoms with Gasteiger partial charge in [0.1, 0.15) is 0 Å². The molecule has 0 aromatic rings. The first kappa shape index (κ1) is 8.98. The highest BCUT2D eigenvalue weighted by Crippen LogP contribution is 2.29. The van der Waals surface area contributed by atoms with Crippen LogP contribution in [0.3, 0.4) is 0 Å². The molecule has 0 N–H and O–H groups in total. The lowest BCUT2D eigenvalue weighted by Crippen LogP contribution is -2.11. The Hall–Kier alpha value is -0.110. The van der Waals surface area contributed by atoms with Gasteiger partial charge in [-0.15, -0.1) is 0 Å². The third-order valence-electron chi connectivity index (χ3n) is 2.35. The third kappa shape index (κ3) is 2.44. The summed E-state index contributed by atoms with van der Waals surface area (Å²) in [5.41, 5.74) is 0.768. The van der Waals surface area contributed by atoms with Crippen molar-refractivity contribution in [3.05, 3.63) is 12.2 Å². The molecule has 0 unspecified atom stereocenters. The van der Waals surface area contributed by atoms with Crippen molar-refractivity contribution < 1.29 is 4.79 Å². The first-order chi connectivity index (χ1) is 5.22. The molecule has 0 radical (unpaired) electrons. The first-order valence-corrected chi connectivity index (χ1v) is 4.89.